The van der Waals surface area contributed by atoms with Crippen molar-refractivity contribution in [2.45, 2.75) is 14.7 Å². The van der Waals surface area contributed by atoms with E-state index < -0.39 is 124 Å². The molecule has 1 unspecified atom stereocenters. The molecule has 0 spiro atoms. The van der Waals surface area contributed by atoms with E-state index in [-0.39, 0.29) is 56.5 Å². The second-order valence-corrected chi connectivity index (χ2v) is 17.1. The van der Waals surface area contributed by atoms with E-state index in [1.807, 2.05) is 0 Å². The normalized spacial score (nSPS) is 12.6. The number of benzene rings is 5. The third-order valence-electron chi connectivity index (χ3n) is 9.02. The highest BCUT2D eigenvalue weighted by atomic mass is 32.2. The van der Waals surface area contributed by atoms with Crippen LogP contribution in [0.5, 0.6) is 23.1 Å². The van der Waals surface area contributed by atoms with Gasteiger partial charge in [0.05, 0.1) is 34.9 Å². The molecule has 31 heteroatoms. The van der Waals surface area contributed by atoms with Gasteiger partial charge in [0, 0.05) is 27.8 Å². The van der Waals surface area contributed by atoms with Gasteiger partial charge in [0.25, 0.3) is 20.2 Å². The third-order valence-corrected chi connectivity index (χ3v) is 11.4. The number of rotatable bonds is 19. The molecule has 69 heavy (non-hydrogen) atoms. The van der Waals surface area contributed by atoms with Gasteiger partial charge >= 0.3 is 17.9 Å². The smallest absolute Gasteiger partial charge is 0.358 e. The lowest BCUT2D eigenvalue weighted by Gasteiger charge is -2.14. The van der Waals surface area contributed by atoms with Crippen molar-refractivity contribution in [1.82, 2.24) is 9.78 Å². The van der Waals surface area contributed by atoms with Crippen LogP contribution in [0.3, 0.4) is 0 Å². The molecule has 0 bridgehead atoms. The minimum atomic E-state index is -5.40. The number of aliphatic hydroxyl groups excluding tert-OH is 2. The van der Waals surface area contributed by atoms with Gasteiger partial charge < -0.3 is 49.8 Å². The molecule has 0 amide bonds. The molecule has 1 atom stereocenters. The average molecular weight is 1010 g/mol. The summed E-state index contributed by atoms with van der Waals surface area (Å²) in [6, 6.07) is 11.5. The molecule has 1 aromatic heterocycles. The molecule has 0 saturated heterocycles. The van der Waals surface area contributed by atoms with Gasteiger partial charge in [-0.1, -0.05) is 12.1 Å². The minimum absolute atomic E-state index is 0.222. The van der Waals surface area contributed by atoms with E-state index in [1.165, 1.54) is 12.1 Å². The van der Waals surface area contributed by atoms with Gasteiger partial charge in [-0.2, -0.15) is 26.6 Å². The Hall–Kier alpha value is -8.17. The summed E-state index contributed by atoms with van der Waals surface area (Å²) in [4.78, 5) is 33.7. The standard InChI is InChI=1S/C38H30N8O20S3/c47-8-10-65-28-16-26(29(66-11-9-48)15-25(28)41-39-23-6-4-17(67(57)58)12-21(23)36(51)52)42-43-31-30(69(62,63)64)14-20-19(34(31)49)2-1-3-27(20)46-35(50)32(33(45-46)38(55)56)44-40-24-7-5-18(68(59,60)61)13-22(24)37(53)54/h1-7,12-16,47-50H,8-11H2,(H,51,52)(H,53,54)(H,55,56)(H,57,58)(H,59,60,61)(H,62,63,64)/p-1. The number of phenolic OH excluding ortho intramolecular Hbond substituents is 1. The van der Waals surface area contributed by atoms with E-state index in [1.54, 1.807) is 0 Å². The number of carbonyl (C=O) groups is 3. The van der Waals surface area contributed by atoms with Crippen LogP contribution in [0, 0.1) is 0 Å². The van der Waals surface area contributed by atoms with Crippen molar-refractivity contribution in [3.63, 3.8) is 0 Å². The monoisotopic (exact) mass is 1010 g/mol. The lowest BCUT2D eigenvalue weighted by atomic mass is 10.1. The number of aromatic nitrogens is 2. The SMILES string of the molecule is O=C(O)c1cc(S(=O)[O-])ccc1N=Nc1cc(OCCO)c(N=Nc2c(S(=O)(=O)O)cc3c(-n4nc(C(=O)O)c(N=Nc5ccc(S(=O)(=O)O)cc5C(=O)O)c4O)cccc3c2O)cc1OCCO. The van der Waals surface area contributed by atoms with Gasteiger partial charge in [-0.3, -0.25) is 13.3 Å². The first-order valence-electron chi connectivity index (χ1n) is 18.6. The quantitative estimate of drug-likeness (QED) is 0.0284. The summed E-state index contributed by atoms with van der Waals surface area (Å²) in [7, 11) is -10.3. The predicted molar refractivity (Wildman–Crippen MR) is 229 cm³/mol. The summed E-state index contributed by atoms with van der Waals surface area (Å²) in [5.74, 6) is -7.76. The van der Waals surface area contributed by atoms with Crippen LogP contribution >= 0.6 is 0 Å². The number of aromatic carboxylic acids is 3. The van der Waals surface area contributed by atoms with Crippen LogP contribution in [0.2, 0.25) is 0 Å². The fourth-order valence-corrected chi connectivity index (χ4v) is 7.55. The van der Waals surface area contributed by atoms with Crippen LogP contribution in [0.1, 0.15) is 31.2 Å². The van der Waals surface area contributed by atoms with E-state index in [9.17, 15) is 84.8 Å². The van der Waals surface area contributed by atoms with Crippen molar-refractivity contribution in [2.24, 2.45) is 30.7 Å². The molecule has 6 rings (SSSR count). The van der Waals surface area contributed by atoms with Crippen LogP contribution in [0.15, 0.2) is 118 Å². The maximum absolute atomic E-state index is 12.9. The summed E-state index contributed by atoms with van der Waals surface area (Å²) in [6.07, 6.45) is 0. The molecular weight excluding hydrogens is 985 g/mol. The first kappa shape index (κ1) is 50.2. The van der Waals surface area contributed by atoms with E-state index in [4.69, 9.17) is 9.47 Å². The van der Waals surface area contributed by atoms with Gasteiger partial charge in [-0.25, -0.2) is 14.4 Å². The van der Waals surface area contributed by atoms with Gasteiger partial charge in [0.15, 0.2) is 11.4 Å². The van der Waals surface area contributed by atoms with Crippen LogP contribution in [-0.4, -0.2) is 125 Å². The van der Waals surface area contributed by atoms with Gasteiger partial charge in [0.1, 0.15) is 58.0 Å². The van der Waals surface area contributed by atoms with Gasteiger partial charge in [0.2, 0.25) is 11.6 Å². The maximum Gasteiger partial charge on any atom is 0.358 e. The van der Waals surface area contributed by atoms with E-state index in [0.717, 1.165) is 54.6 Å². The lowest BCUT2D eigenvalue weighted by molar-refractivity contribution is 0.0681. The number of nitrogens with zero attached hydrogens (tertiary/aromatic N) is 8. The van der Waals surface area contributed by atoms with Gasteiger partial charge in [-0.15, -0.1) is 30.7 Å². The topological polar surface area (TPSA) is 452 Å². The fourth-order valence-electron chi connectivity index (χ4n) is 6.00. The summed E-state index contributed by atoms with van der Waals surface area (Å²) in [5.41, 5.74) is -6.04. The minimum Gasteiger partial charge on any atom is -0.768 e. The molecule has 28 nitrogen and oxygen atoms in total. The third kappa shape index (κ3) is 11.0. The summed E-state index contributed by atoms with van der Waals surface area (Å²) >= 11 is -2.79. The second kappa shape index (κ2) is 20.4. The van der Waals surface area contributed by atoms with Crippen molar-refractivity contribution >= 4 is 94.1 Å². The van der Waals surface area contributed by atoms with Crippen molar-refractivity contribution < 1.29 is 94.3 Å². The highest BCUT2D eigenvalue weighted by molar-refractivity contribution is 7.86. The summed E-state index contributed by atoms with van der Waals surface area (Å²) in [6.45, 7) is -1.92. The number of hydrogen-bond acceptors (Lipinski definition) is 22. The van der Waals surface area contributed by atoms with E-state index >= 15 is 0 Å². The number of aliphatic hydroxyl groups is 2. The number of carboxylic acids is 3. The van der Waals surface area contributed by atoms with Crippen molar-refractivity contribution in [1.29, 1.82) is 0 Å². The molecule has 0 aliphatic rings. The Morgan fingerprint density at radius 2 is 1.19 bits per heavy atom. The number of fused-ring (bicyclic) bond motifs is 1. The first-order valence-corrected chi connectivity index (χ1v) is 22.5. The maximum atomic E-state index is 12.9. The molecule has 360 valence electrons. The highest BCUT2D eigenvalue weighted by Crippen LogP contribution is 2.46. The molecule has 0 radical (unpaired) electrons. The van der Waals surface area contributed by atoms with Crippen LogP contribution in [0.4, 0.5) is 34.1 Å². The second-order valence-electron chi connectivity index (χ2n) is 13.4. The number of aromatic hydroxyl groups is 2. The molecule has 6 aromatic rings. The molecule has 5 aromatic carbocycles. The summed E-state index contributed by atoms with van der Waals surface area (Å²) in [5, 5.41) is 97.2. The molecule has 0 saturated carbocycles. The lowest BCUT2D eigenvalue weighted by Crippen LogP contribution is -2.04. The van der Waals surface area contributed by atoms with E-state index in [2.05, 4.69) is 35.8 Å². The largest absolute Gasteiger partial charge is 0.768 e. The number of azo groups is 3. The molecule has 0 aliphatic carbocycles. The molecule has 0 aliphatic heterocycles. The zero-order valence-electron chi connectivity index (χ0n) is 34.1. The van der Waals surface area contributed by atoms with Crippen molar-refractivity contribution in [3.8, 4) is 28.8 Å². The highest BCUT2D eigenvalue weighted by Gasteiger charge is 2.28. The number of hydrogen-bond donors (Lipinski definition) is 9. The predicted octanol–water partition coefficient (Wildman–Crippen LogP) is 5.25. The Balaban J connectivity index is 1.48. The number of phenols is 1. The molecular formula is C38H29N8O20S3-. The Bertz CT molecular complexity index is 3430. The van der Waals surface area contributed by atoms with Gasteiger partial charge in [-0.05, 0) is 59.6 Å². The summed E-state index contributed by atoms with van der Waals surface area (Å²) < 4.78 is 103. The zero-order valence-corrected chi connectivity index (χ0v) is 36.5. The van der Waals surface area contributed by atoms with Crippen LogP contribution in [0.25, 0.3) is 16.5 Å². The Morgan fingerprint density at radius 3 is 1.72 bits per heavy atom. The Morgan fingerprint density at radius 1 is 0.652 bits per heavy atom. The van der Waals surface area contributed by atoms with Crippen molar-refractivity contribution in [2.75, 3.05) is 26.4 Å². The Kier molecular flexibility index (Phi) is 14.8. The number of ether oxygens (including phenoxy) is 2. The fraction of sp³-hybridized carbons (Fsp3) is 0.105. The van der Waals surface area contributed by atoms with Crippen molar-refractivity contribution in [3.05, 3.63) is 89.6 Å². The van der Waals surface area contributed by atoms with Crippen LogP contribution < -0.4 is 9.47 Å². The first-order chi connectivity index (χ1) is 32.5. The molecule has 0 fully saturated rings. The van der Waals surface area contributed by atoms with E-state index in [0.29, 0.717) is 10.7 Å². The number of carboxylic acid groups (broad SMARTS) is 3. The zero-order chi connectivity index (χ0) is 50.5. The molecule has 1 heterocycles. The average Bonchev–Trinajstić information content (AvgIpc) is 3.62. The molecule has 9 N–H and O–H groups in total. The Labute approximate surface area is 387 Å². The van der Waals surface area contributed by atoms with Crippen LogP contribution in [-0.2, 0) is 31.3 Å².